The van der Waals surface area contributed by atoms with Gasteiger partial charge in [0.25, 0.3) is 0 Å². The monoisotopic (exact) mass is 284 g/mol. The van der Waals surface area contributed by atoms with Crippen LogP contribution in [0.2, 0.25) is 0 Å². The summed E-state index contributed by atoms with van der Waals surface area (Å²) in [6, 6.07) is 0.703. The summed E-state index contributed by atoms with van der Waals surface area (Å²) in [4.78, 5) is 13.0. The minimum absolute atomic E-state index is 0.703. The van der Waals surface area contributed by atoms with Crippen molar-refractivity contribution in [1.29, 1.82) is 0 Å². The Kier molecular flexibility index (Phi) is 6.71. The summed E-state index contributed by atoms with van der Waals surface area (Å²) in [5.41, 5.74) is 0. The Balaban J connectivity index is 1.54. The number of rotatable bonds is 6. The van der Waals surface area contributed by atoms with E-state index < -0.39 is 0 Å². The highest BCUT2D eigenvalue weighted by molar-refractivity contribution is 4.75. The molecule has 0 aromatic carbocycles. The van der Waals surface area contributed by atoms with Crippen LogP contribution >= 0.6 is 0 Å². The minimum atomic E-state index is 0.703. The molecule has 118 valence electrons. The highest BCUT2D eigenvalue weighted by Crippen LogP contribution is 2.07. The number of hydrogen-bond donors (Lipinski definition) is 0. The van der Waals surface area contributed by atoms with E-state index in [0.717, 1.165) is 26.2 Å². The second-order valence-electron chi connectivity index (χ2n) is 6.28. The number of hydrogen-bond acceptors (Lipinski definition) is 5. The van der Waals surface area contributed by atoms with Gasteiger partial charge in [0, 0.05) is 58.4 Å². The fourth-order valence-corrected chi connectivity index (χ4v) is 3.16. The zero-order chi connectivity index (χ0) is 14.4. The van der Waals surface area contributed by atoms with Crippen molar-refractivity contribution in [1.82, 2.24) is 19.8 Å². The Labute approximate surface area is 124 Å². The Bertz CT molecular complexity index is 259. The fraction of sp³-hybridized carbons (Fsp3) is 1.00. The lowest BCUT2D eigenvalue weighted by molar-refractivity contribution is -0.151. The third-order valence-corrected chi connectivity index (χ3v) is 4.68. The molecule has 0 amide bonds. The van der Waals surface area contributed by atoms with Crippen molar-refractivity contribution in [3.05, 3.63) is 0 Å². The molecule has 0 spiro atoms. The number of piperazine rings is 2. The van der Waals surface area contributed by atoms with Gasteiger partial charge in [0.15, 0.2) is 0 Å². The summed E-state index contributed by atoms with van der Waals surface area (Å²) in [5.74, 6) is 0. The summed E-state index contributed by atoms with van der Waals surface area (Å²) in [6.45, 7) is 16.5. The molecule has 0 aromatic heterocycles. The average molecular weight is 284 g/mol. The summed E-state index contributed by atoms with van der Waals surface area (Å²) in [7, 11) is 1.77. The quantitative estimate of drug-likeness (QED) is 0.710. The Morgan fingerprint density at radius 1 is 0.800 bits per heavy atom. The van der Waals surface area contributed by atoms with E-state index in [0.29, 0.717) is 6.04 Å². The van der Waals surface area contributed by atoms with E-state index in [1.807, 2.05) is 0 Å². The summed E-state index contributed by atoms with van der Waals surface area (Å²) in [6.07, 6.45) is 1.30. The maximum atomic E-state index is 5.26. The molecule has 20 heavy (non-hydrogen) atoms. The zero-order valence-electron chi connectivity index (χ0n) is 13.6. The van der Waals surface area contributed by atoms with E-state index in [1.54, 1.807) is 7.11 Å². The Morgan fingerprint density at radius 3 is 1.75 bits per heavy atom. The predicted molar refractivity (Wildman–Crippen MR) is 82.8 cm³/mol. The number of hydroxylamine groups is 2. The molecule has 5 heteroatoms. The smallest absolute Gasteiger partial charge is 0.0575 e. The van der Waals surface area contributed by atoms with Crippen molar-refractivity contribution in [2.75, 3.05) is 72.6 Å². The van der Waals surface area contributed by atoms with Gasteiger partial charge in [-0.1, -0.05) is 0 Å². The van der Waals surface area contributed by atoms with E-state index in [-0.39, 0.29) is 0 Å². The third kappa shape index (κ3) is 4.97. The molecule has 2 fully saturated rings. The van der Waals surface area contributed by atoms with Gasteiger partial charge in [-0.3, -0.25) is 4.90 Å². The van der Waals surface area contributed by atoms with E-state index in [1.165, 1.54) is 45.7 Å². The third-order valence-electron chi connectivity index (χ3n) is 4.68. The first-order valence-electron chi connectivity index (χ1n) is 8.17. The normalized spacial score (nSPS) is 24.6. The highest BCUT2D eigenvalue weighted by Gasteiger charge is 2.19. The lowest BCUT2D eigenvalue weighted by Crippen LogP contribution is -2.49. The van der Waals surface area contributed by atoms with Crippen molar-refractivity contribution >= 4 is 0 Å². The van der Waals surface area contributed by atoms with Gasteiger partial charge in [-0.25, -0.2) is 0 Å². The average Bonchev–Trinajstić information content (AvgIpc) is 2.48. The lowest BCUT2D eigenvalue weighted by Gasteiger charge is -2.37. The van der Waals surface area contributed by atoms with Gasteiger partial charge in [-0.15, -0.1) is 0 Å². The molecule has 0 aliphatic carbocycles. The van der Waals surface area contributed by atoms with Gasteiger partial charge in [-0.2, -0.15) is 5.06 Å². The molecule has 0 N–H and O–H groups in total. The molecule has 2 heterocycles. The molecular weight excluding hydrogens is 252 g/mol. The van der Waals surface area contributed by atoms with Crippen molar-refractivity contribution in [2.45, 2.75) is 26.3 Å². The maximum Gasteiger partial charge on any atom is 0.0575 e. The Morgan fingerprint density at radius 2 is 1.30 bits per heavy atom. The Hall–Kier alpha value is -0.200. The topological polar surface area (TPSA) is 22.2 Å². The second kappa shape index (κ2) is 8.29. The molecule has 2 aliphatic rings. The van der Waals surface area contributed by atoms with Crippen molar-refractivity contribution in [2.24, 2.45) is 0 Å². The molecule has 0 bridgehead atoms. The van der Waals surface area contributed by atoms with E-state index in [2.05, 4.69) is 33.6 Å². The molecule has 0 aromatic rings. The molecule has 0 saturated carbocycles. The van der Waals surface area contributed by atoms with Crippen LogP contribution in [0.25, 0.3) is 0 Å². The van der Waals surface area contributed by atoms with Gasteiger partial charge >= 0.3 is 0 Å². The van der Waals surface area contributed by atoms with Gasteiger partial charge in [0.05, 0.1) is 7.11 Å². The van der Waals surface area contributed by atoms with E-state index in [9.17, 15) is 0 Å². The lowest BCUT2D eigenvalue weighted by atomic mass is 10.2. The van der Waals surface area contributed by atoms with Gasteiger partial charge in [0.2, 0.25) is 0 Å². The first-order valence-corrected chi connectivity index (χ1v) is 8.17. The van der Waals surface area contributed by atoms with Crippen LogP contribution in [0.5, 0.6) is 0 Å². The molecule has 2 saturated heterocycles. The van der Waals surface area contributed by atoms with Crippen LogP contribution in [0.15, 0.2) is 0 Å². The largest absolute Gasteiger partial charge is 0.302 e. The summed E-state index contributed by atoms with van der Waals surface area (Å²) >= 11 is 0. The van der Waals surface area contributed by atoms with Gasteiger partial charge in [-0.05, 0) is 33.4 Å². The van der Waals surface area contributed by atoms with Crippen LogP contribution in [0, 0.1) is 0 Å². The summed E-state index contributed by atoms with van der Waals surface area (Å²) < 4.78 is 0. The minimum Gasteiger partial charge on any atom is -0.302 e. The molecule has 0 unspecified atom stereocenters. The van der Waals surface area contributed by atoms with Crippen LogP contribution in [0.4, 0.5) is 0 Å². The van der Waals surface area contributed by atoms with Crippen LogP contribution in [-0.2, 0) is 4.84 Å². The zero-order valence-corrected chi connectivity index (χ0v) is 13.6. The van der Waals surface area contributed by atoms with Crippen LogP contribution in [0.3, 0.4) is 0 Å². The molecule has 2 rings (SSSR count). The van der Waals surface area contributed by atoms with Gasteiger partial charge < -0.3 is 14.6 Å². The van der Waals surface area contributed by atoms with Crippen molar-refractivity contribution < 1.29 is 4.84 Å². The standard InChI is InChI=1S/C15H32N4O/c1-15(2)18-11-7-16(8-12-18)5-4-6-17-9-13-19(20-3)14-10-17/h15H,4-14H2,1-3H3. The SMILES string of the molecule is CON1CCN(CCCN2CCN(C(C)C)CC2)CC1. The molecule has 0 atom stereocenters. The maximum absolute atomic E-state index is 5.26. The molecule has 2 aliphatic heterocycles. The first-order chi connectivity index (χ1) is 9.69. The fourth-order valence-electron chi connectivity index (χ4n) is 3.16. The highest BCUT2D eigenvalue weighted by atomic mass is 16.7. The second-order valence-corrected chi connectivity index (χ2v) is 6.28. The van der Waals surface area contributed by atoms with Crippen LogP contribution in [0.1, 0.15) is 20.3 Å². The summed E-state index contributed by atoms with van der Waals surface area (Å²) in [5, 5.41) is 2.06. The van der Waals surface area contributed by atoms with E-state index >= 15 is 0 Å². The van der Waals surface area contributed by atoms with Crippen molar-refractivity contribution in [3.63, 3.8) is 0 Å². The predicted octanol–water partition coefficient (Wildman–Crippen LogP) is 0.582. The number of nitrogens with zero attached hydrogens (tertiary/aromatic N) is 4. The first kappa shape index (κ1) is 16.2. The van der Waals surface area contributed by atoms with Gasteiger partial charge in [0.1, 0.15) is 0 Å². The molecule has 5 nitrogen and oxygen atoms in total. The van der Waals surface area contributed by atoms with Crippen molar-refractivity contribution in [3.8, 4) is 0 Å². The van der Waals surface area contributed by atoms with Crippen LogP contribution < -0.4 is 0 Å². The van der Waals surface area contributed by atoms with Crippen LogP contribution in [-0.4, -0.2) is 98.4 Å². The van der Waals surface area contributed by atoms with E-state index in [4.69, 9.17) is 4.84 Å². The molecule has 0 radical (unpaired) electrons. The molecular formula is C15H32N4O.